The van der Waals surface area contributed by atoms with Crippen LogP contribution in [0.4, 0.5) is 0 Å². The van der Waals surface area contributed by atoms with Crippen molar-refractivity contribution < 1.29 is 0 Å². The molecule has 105 heavy (non-hydrogen) atoms. The molecule has 0 aliphatic carbocycles. The Hall–Kier alpha value is -8.40. The van der Waals surface area contributed by atoms with E-state index >= 15 is 0 Å². The Labute approximate surface area is 625 Å². The van der Waals surface area contributed by atoms with Gasteiger partial charge in [0.1, 0.15) is 0 Å². The van der Waals surface area contributed by atoms with Crippen molar-refractivity contribution >= 4 is 162 Å². The van der Waals surface area contributed by atoms with Gasteiger partial charge in [-0.3, -0.25) is 0 Å². The monoisotopic (exact) mass is 1380 g/mol. The fourth-order valence-electron chi connectivity index (χ4n) is 19.7. The molecule has 3 nitrogen and oxygen atoms in total. The second kappa shape index (κ2) is 31.2. The zero-order chi connectivity index (χ0) is 71.8. The average molecular weight is 1390 g/mol. The van der Waals surface area contributed by atoms with E-state index in [-0.39, 0.29) is 0 Å². The fourth-order valence-corrected chi connectivity index (χ4v) is 19.7. The number of nitrogens with zero attached hydrogens (tertiary/aromatic N) is 3. The van der Waals surface area contributed by atoms with Crippen molar-refractivity contribution in [1.29, 1.82) is 0 Å². The molecule has 3 heteroatoms. The van der Waals surface area contributed by atoms with E-state index in [1.165, 1.54) is 369 Å². The highest BCUT2D eigenvalue weighted by Gasteiger charge is 2.30. The van der Waals surface area contributed by atoms with Crippen molar-refractivity contribution in [2.24, 2.45) is 0 Å². The van der Waals surface area contributed by atoms with Gasteiger partial charge >= 0.3 is 0 Å². The van der Waals surface area contributed by atoms with Crippen LogP contribution in [0.5, 0.6) is 0 Å². The maximum Gasteiger partial charge on any atom is 0.0614 e. The van der Waals surface area contributed by atoms with Crippen LogP contribution in [-0.4, -0.2) is 13.7 Å². The predicted octanol–water partition coefficient (Wildman–Crippen LogP) is 32.0. The second-order valence-corrected chi connectivity index (χ2v) is 33.2. The number of rotatable bonds is 33. The summed E-state index contributed by atoms with van der Waals surface area (Å²) in [4.78, 5) is 0. The Morgan fingerprint density at radius 1 is 0.171 bits per heavy atom. The molecule has 3 heterocycles. The summed E-state index contributed by atoms with van der Waals surface area (Å²) in [7, 11) is 0. The highest BCUT2D eigenvalue weighted by atomic mass is 15.0. The van der Waals surface area contributed by atoms with E-state index in [9.17, 15) is 0 Å². The molecule has 0 N–H and O–H groups in total. The van der Waals surface area contributed by atoms with Crippen LogP contribution >= 0.6 is 0 Å². The molecule has 0 spiro atoms. The maximum atomic E-state index is 2.94. The molecule has 0 amide bonds. The highest BCUT2D eigenvalue weighted by molar-refractivity contribution is 6.43. The van der Waals surface area contributed by atoms with Gasteiger partial charge in [-0.05, 0) is 194 Å². The van der Waals surface area contributed by atoms with Gasteiger partial charge in [0.05, 0.1) is 16.6 Å². The Balaban J connectivity index is 1.05. The van der Waals surface area contributed by atoms with Gasteiger partial charge < -0.3 is 13.7 Å². The molecule has 16 rings (SSSR count). The third-order valence-corrected chi connectivity index (χ3v) is 25.2. The summed E-state index contributed by atoms with van der Waals surface area (Å²) in [5.74, 6) is 0. The number of unbranched alkanes of at least 4 members (excludes halogenated alkanes) is 27. The van der Waals surface area contributed by atoms with E-state index in [2.05, 4.69) is 222 Å². The van der Waals surface area contributed by atoms with E-state index in [1.807, 2.05) is 0 Å². The lowest BCUT2D eigenvalue weighted by Gasteiger charge is -2.14. The van der Waals surface area contributed by atoms with Gasteiger partial charge in [0.25, 0.3) is 0 Å². The van der Waals surface area contributed by atoms with E-state index in [0.717, 1.165) is 38.9 Å². The molecule has 0 atom stereocenters. The minimum atomic E-state index is 0.969. The smallest absolute Gasteiger partial charge is 0.0614 e. The first-order valence-corrected chi connectivity index (χ1v) is 42.3. The first-order valence-electron chi connectivity index (χ1n) is 42.3. The Morgan fingerprint density at radius 2 is 0.343 bits per heavy atom. The number of hydrogen-bond donors (Lipinski definition) is 0. The van der Waals surface area contributed by atoms with Gasteiger partial charge in [-0.25, -0.2) is 0 Å². The molecule has 0 unspecified atom stereocenters. The number of hydrogen-bond acceptors (Lipinski definition) is 0. The van der Waals surface area contributed by atoms with Crippen LogP contribution in [-0.2, 0) is 19.6 Å². The molecule has 0 saturated heterocycles. The second-order valence-electron chi connectivity index (χ2n) is 33.2. The molecule has 0 bridgehead atoms. The first kappa shape index (κ1) is 70.9. The largest absolute Gasteiger partial charge is 0.340 e. The number of aromatic nitrogens is 3. The molecule has 0 aliphatic heterocycles. The van der Waals surface area contributed by atoms with Gasteiger partial charge in [0.15, 0.2) is 0 Å². The lowest BCUT2D eigenvalue weighted by Crippen LogP contribution is -2.02. The number of benzene rings is 13. The third-order valence-electron chi connectivity index (χ3n) is 25.2. The van der Waals surface area contributed by atoms with Gasteiger partial charge in [0.2, 0.25) is 0 Å². The van der Waals surface area contributed by atoms with E-state index in [1.54, 1.807) is 0 Å². The van der Waals surface area contributed by atoms with Crippen molar-refractivity contribution in [2.75, 3.05) is 0 Å². The predicted molar refractivity (Wildman–Crippen MR) is 467 cm³/mol. The van der Waals surface area contributed by atoms with Gasteiger partial charge in [-0.15, -0.1) is 0 Å². The van der Waals surface area contributed by atoms with Crippen LogP contribution in [0, 0.1) is 41.5 Å². The third kappa shape index (κ3) is 13.4. The summed E-state index contributed by atoms with van der Waals surface area (Å²) in [6.45, 7) is 23.6. The maximum absolute atomic E-state index is 2.94. The SMILES string of the molecule is CCCCCCCCCCCCn1c2cc3c4ccc(C)cc4c4cc(C)ccc4c3cc2c2c1c1c3cc4c5ccc(C)cc5c5cc(C)ccc5c4cc3n(CCCCCCCCCCCC)c1c1c3cc4c5ccc(C)cc5c5cc(C)ccc5c4cc3n(CCCCCCCCCCCC)c21. The zero-order valence-corrected chi connectivity index (χ0v) is 65.5. The lowest BCUT2D eigenvalue weighted by atomic mass is 9.90. The highest BCUT2D eigenvalue weighted by Crippen LogP contribution is 2.53. The summed E-state index contributed by atoms with van der Waals surface area (Å²) in [5, 5.41) is 33.1. The summed E-state index contributed by atoms with van der Waals surface area (Å²) >= 11 is 0. The van der Waals surface area contributed by atoms with E-state index in [0.29, 0.717) is 0 Å². The van der Waals surface area contributed by atoms with Crippen molar-refractivity contribution in [1.82, 2.24) is 13.7 Å². The molecule has 540 valence electrons. The topological polar surface area (TPSA) is 14.8 Å². The van der Waals surface area contributed by atoms with Crippen molar-refractivity contribution in [3.63, 3.8) is 0 Å². The van der Waals surface area contributed by atoms with E-state index < -0.39 is 0 Å². The normalized spacial score (nSPS) is 12.5. The molecule has 3 aromatic heterocycles. The van der Waals surface area contributed by atoms with Crippen molar-refractivity contribution in [2.45, 2.75) is 275 Å². The quantitative estimate of drug-likeness (QED) is 0.0288. The molecule has 13 aromatic carbocycles. The average Bonchev–Trinajstić information content (AvgIpc) is 1.50. The van der Waals surface area contributed by atoms with Crippen LogP contribution in [0.3, 0.4) is 0 Å². The van der Waals surface area contributed by atoms with Crippen LogP contribution in [0.15, 0.2) is 146 Å². The fraction of sp³-hybridized carbons (Fsp3) is 0.412. The van der Waals surface area contributed by atoms with Gasteiger partial charge in [-0.2, -0.15) is 0 Å². The number of fused-ring (bicyclic) bond motifs is 30. The van der Waals surface area contributed by atoms with Gasteiger partial charge in [-0.1, -0.05) is 337 Å². The van der Waals surface area contributed by atoms with Crippen LogP contribution in [0.25, 0.3) is 162 Å². The minimum absolute atomic E-state index is 0.969. The lowest BCUT2D eigenvalue weighted by molar-refractivity contribution is 0.541. The van der Waals surface area contributed by atoms with Crippen LogP contribution in [0.1, 0.15) is 247 Å². The van der Waals surface area contributed by atoms with E-state index in [4.69, 9.17) is 0 Å². The Kier molecular flexibility index (Phi) is 21.1. The summed E-state index contributed by atoms with van der Waals surface area (Å²) in [5.41, 5.74) is 16.4. The van der Waals surface area contributed by atoms with Gasteiger partial charge in [0, 0.05) is 68.5 Å². The standard InChI is InChI=1S/C102H117N3/c1-10-13-16-19-22-25-28-31-34-37-52-103-94-64-88-76-49-43-70(7)58-82(76)79-55-67(4)40-46-73(79)85(88)61-91(94)97-100(103)98-92-62-86-74-47-41-68(5)56-80(74)83-59-71(8)44-50-77(83)89(86)65-95(92)104(53-38-35-32-29-26-23-20-17-14-11-2)102(98)99-93-63-87-75-48-42-69(6)57-81(75)84-60-72(9)45-51-78(84)90(87)66-96(93)105(101(97)99)54-39-36-33-30-27-24-21-18-15-12-3/h40-51,55-66H,10-39,52-54H2,1-9H3. The van der Waals surface area contributed by atoms with Crippen LogP contribution < -0.4 is 0 Å². The molecule has 16 aromatic rings. The zero-order valence-electron chi connectivity index (χ0n) is 65.5. The molecular weight excluding hydrogens is 1270 g/mol. The Morgan fingerprint density at radius 3 is 0.543 bits per heavy atom. The molecule has 0 saturated carbocycles. The first-order chi connectivity index (χ1) is 51.5. The Bertz CT molecular complexity index is 5350. The molecular formula is C102H117N3. The van der Waals surface area contributed by atoms with Crippen LogP contribution in [0.2, 0.25) is 0 Å². The van der Waals surface area contributed by atoms with Crippen molar-refractivity contribution in [3.8, 4) is 0 Å². The minimum Gasteiger partial charge on any atom is -0.340 e. The molecule has 0 fully saturated rings. The summed E-state index contributed by atoms with van der Waals surface area (Å²) < 4.78 is 8.83. The molecule has 0 radical (unpaired) electrons. The summed E-state index contributed by atoms with van der Waals surface area (Å²) in [6, 6.07) is 60.2. The molecule has 0 aliphatic rings. The number of aryl methyl sites for hydroxylation is 9. The summed E-state index contributed by atoms with van der Waals surface area (Å²) in [6.07, 6.45) is 39.4. The van der Waals surface area contributed by atoms with Crippen molar-refractivity contribution in [3.05, 3.63) is 179 Å².